The van der Waals surface area contributed by atoms with E-state index in [0.717, 1.165) is 22.4 Å². The highest BCUT2D eigenvalue weighted by Gasteiger charge is 2.06. The zero-order chi connectivity index (χ0) is 12.5. The number of hydrogen-bond donors (Lipinski definition) is 2. The van der Waals surface area contributed by atoms with Crippen LogP contribution in [0.25, 0.3) is 0 Å². The Kier molecular flexibility index (Phi) is 6.64. The third-order valence-electron chi connectivity index (χ3n) is 1.70. The minimum Gasteiger partial charge on any atom is -0.357 e. The standard InChI is InChI=1S/C10H16N4OS2/c1-3-5-11-8(15)7-16-10-14-13-9(17-10)12-6-4-2/h4H,2-3,5-7H2,1H3,(H,11,15)(H,12,13). The fourth-order valence-electron chi connectivity index (χ4n) is 0.942. The average Bonchev–Trinajstić information content (AvgIpc) is 2.79. The molecule has 0 saturated carbocycles. The van der Waals surface area contributed by atoms with Crippen LogP contribution in [-0.2, 0) is 4.79 Å². The van der Waals surface area contributed by atoms with Gasteiger partial charge in [0, 0.05) is 13.1 Å². The zero-order valence-corrected chi connectivity index (χ0v) is 11.4. The molecule has 0 saturated heterocycles. The molecular weight excluding hydrogens is 256 g/mol. The Labute approximate surface area is 109 Å². The van der Waals surface area contributed by atoms with Crippen LogP contribution >= 0.6 is 23.1 Å². The van der Waals surface area contributed by atoms with Gasteiger partial charge in [0.15, 0.2) is 4.34 Å². The van der Waals surface area contributed by atoms with Crippen LogP contribution < -0.4 is 10.6 Å². The van der Waals surface area contributed by atoms with Gasteiger partial charge in [-0.2, -0.15) is 0 Å². The number of anilines is 1. The smallest absolute Gasteiger partial charge is 0.230 e. The van der Waals surface area contributed by atoms with Crippen LogP contribution in [0.4, 0.5) is 5.13 Å². The molecular formula is C10H16N4OS2. The number of aromatic nitrogens is 2. The molecule has 1 rings (SSSR count). The maximum atomic E-state index is 11.3. The van der Waals surface area contributed by atoms with Gasteiger partial charge in [0.05, 0.1) is 5.75 Å². The summed E-state index contributed by atoms with van der Waals surface area (Å²) in [6, 6.07) is 0. The predicted molar refractivity (Wildman–Crippen MR) is 72.6 cm³/mol. The van der Waals surface area contributed by atoms with Crippen LogP contribution in [0.3, 0.4) is 0 Å². The molecule has 0 radical (unpaired) electrons. The molecule has 5 nitrogen and oxygen atoms in total. The minimum atomic E-state index is 0.0349. The van der Waals surface area contributed by atoms with E-state index in [-0.39, 0.29) is 5.91 Å². The largest absolute Gasteiger partial charge is 0.357 e. The van der Waals surface area contributed by atoms with Gasteiger partial charge in [0.25, 0.3) is 0 Å². The summed E-state index contributed by atoms with van der Waals surface area (Å²) in [7, 11) is 0. The molecule has 1 heterocycles. The van der Waals surface area contributed by atoms with E-state index in [2.05, 4.69) is 27.4 Å². The molecule has 0 aliphatic heterocycles. The number of rotatable bonds is 8. The first-order valence-electron chi connectivity index (χ1n) is 5.34. The van der Waals surface area contributed by atoms with Crippen molar-refractivity contribution in [1.82, 2.24) is 15.5 Å². The summed E-state index contributed by atoms with van der Waals surface area (Å²) in [4.78, 5) is 11.3. The fraction of sp³-hybridized carbons (Fsp3) is 0.500. The van der Waals surface area contributed by atoms with Crippen molar-refractivity contribution in [3.8, 4) is 0 Å². The summed E-state index contributed by atoms with van der Waals surface area (Å²) >= 11 is 2.84. The normalized spacial score (nSPS) is 9.94. The van der Waals surface area contributed by atoms with Gasteiger partial charge in [0.1, 0.15) is 0 Å². The zero-order valence-electron chi connectivity index (χ0n) is 9.73. The first-order valence-corrected chi connectivity index (χ1v) is 7.14. The van der Waals surface area contributed by atoms with Crippen LogP contribution in [0.15, 0.2) is 17.0 Å². The molecule has 7 heteroatoms. The molecule has 0 aliphatic rings. The molecule has 17 heavy (non-hydrogen) atoms. The number of carbonyl (C=O) groups excluding carboxylic acids is 1. The molecule has 0 bridgehead atoms. The topological polar surface area (TPSA) is 66.9 Å². The first kappa shape index (κ1) is 14.0. The van der Waals surface area contributed by atoms with Gasteiger partial charge in [-0.1, -0.05) is 36.1 Å². The molecule has 94 valence electrons. The molecule has 1 amide bonds. The van der Waals surface area contributed by atoms with Crippen molar-refractivity contribution < 1.29 is 4.79 Å². The van der Waals surface area contributed by atoms with Crippen molar-refractivity contribution >= 4 is 34.1 Å². The summed E-state index contributed by atoms with van der Waals surface area (Å²) in [6.07, 6.45) is 2.71. The summed E-state index contributed by atoms with van der Waals surface area (Å²) in [5, 5.41) is 14.5. The molecule has 1 aromatic rings. The molecule has 0 fully saturated rings. The SMILES string of the molecule is C=CCNc1nnc(SCC(=O)NCCC)s1. The number of hydrogen-bond acceptors (Lipinski definition) is 6. The Hall–Kier alpha value is -1.08. The highest BCUT2D eigenvalue weighted by Crippen LogP contribution is 2.24. The maximum absolute atomic E-state index is 11.3. The number of nitrogens with one attached hydrogen (secondary N) is 2. The van der Waals surface area contributed by atoms with Crippen molar-refractivity contribution in [2.75, 3.05) is 24.2 Å². The third-order valence-corrected chi connectivity index (χ3v) is 3.72. The Balaban J connectivity index is 2.29. The van der Waals surface area contributed by atoms with E-state index in [4.69, 9.17) is 0 Å². The molecule has 2 N–H and O–H groups in total. The first-order chi connectivity index (χ1) is 8.26. The Morgan fingerprint density at radius 1 is 1.59 bits per heavy atom. The van der Waals surface area contributed by atoms with Crippen LogP contribution in [-0.4, -0.2) is 34.9 Å². The van der Waals surface area contributed by atoms with E-state index in [0.29, 0.717) is 12.3 Å². The van der Waals surface area contributed by atoms with E-state index >= 15 is 0 Å². The van der Waals surface area contributed by atoms with Crippen molar-refractivity contribution in [1.29, 1.82) is 0 Å². The highest BCUT2D eigenvalue weighted by atomic mass is 32.2. The van der Waals surface area contributed by atoms with Gasteiger partial charge >= 0.3 is 0 Å². The van der Waals surface area contributed by atoms with Gasteiger partial charge < -0.3 is 10.6 Å². The summed E-state index contributed by atoms with van der Waals surface area (Å²) in [5.74, 6) is 0.420. The highest BCUT2D eigenvalue weighted by molar-refractivity contribution is 8.01. The van der Waals surface area contributed by atoms with Crippen LogP contribution in [0.5, 0.6) is 0 Å². The molecule has 0 aliphatic carbocycles. The van der Waals surface area contributed by atoms with Crippen molar-refractivity contribution in [3.63, 3.8) is 0 Å². The lowest BCUT2D eigenvalue weighted by Crippen LogP contribution is -2.25. The van der Waals surface area contributed by atoms with Gasteiger partial charge in [-0.25, -0.2) is 0 Å². The average molecular weight is 272 g/mol. The number of carbonyl (C=O) groups is 1. The van der Waals surface area contributed by atoms with Crippen molar-refractivity contribution in [2.45, 2.75) is 17.7 Å². The van der Waals surface area contributed by atoms with Crippen molar-refractivity contribution in [3.05, 3.63) is 12.7 Å². The summed E-state index contributed by atoms with van der Waals surface area (Å²) in [6.45, 7) is 7.02. The van der Waals surface area contributed by atoms with Gasteiger partial charge in [-0.15, -0.1) is 16.8 Å². The lowest BCUT2D eigenvalue weighted by Gasteiger charge is -2.00. The minimum absolute atomic E-state index is 0.0349. The quantitative estimate of drug-likeness (QED) is 0.557. The monoisotopic (exact) mass is 272 g/mol. The number of amides is 1. The molecule has 0 aromatic carbocycles. The third kappa shape index (κ3) is 5.69. The second kappa shape index (κ2) is 8.08. The Bertz CT molecular complexity index is 367. The van der Waals surface area contributed by atoms with E-state index in [1.165, 1.54) is 23.1 Å². The maximum Gasteiger partial charge on any atom is 0.230 e. The second-order valence-corrected chi connectivity index (χ2v) is 5.38. The van der Waals surface area contributed by atoms with E-state index in [1.54, 1.807) is 6.08 Å². The van der Waals surface area contributed by atoms with Crippen LogP contribution in [0, 0.1) is 0 Å². The van der Waals surface area contributed by atoms with Gasteiger partial charge in [-0.3, -0.25) is 4.79 Å². The molecule has 1 aromatic heterocycles. The van der Waals surface area contributed by atoms with E-state index < -0.39 is 0 Å². The number of nitrogens with zero attached hydrogens (tertiary/aromatic N) is 2. The lowest BCUT2D eigenvalue weighted by atomic mass is 10.5. The Morgan fingerprint density at radius 2 is 2.41 bits per heavy atom. The molecule has 0 atom stereocenters. The van der Waals surface area contributed by atoms with E-state index in [9.17, 15) is 4.79 Å². The van der Waals surface area contributed by atoms with E-state index in [1.807, 2.05) is 6.92 Å². The van der Waals surface area contributed by atoms with Crippen LogP contribution in [0.1, 0.15) is 13.3 Å². The van der Waals surface area contributed by atoms with Gasteiger partial charge in [-0.05, 0) is 6.42 Å². The second-order valence-electron chi connectivity index (χ2n) is 3.18. The number of thioether (sulfide) groups is 1. The van der Waals surface area contributed by atoms with Gasteiger partial charge in [0.2, 0.25) is 11.0 Å². The summed E-state index contributed by atoms with van der Waals surface area (Å²) < 4.78 is 0.795. The van der Waals surface area contributed by atoms with Crippen molar-refractivity contribution in [2.24, 2.45) is 0 Å². The predicted octanol–water partition coefficient (Wildman–Crippen LogP) is 1.75. The molecule has 0 unspecified atom stereocenters. The lowest BCUT2D eigenvalue weighted by molar-refractivity contribution is -0.118. The molecule has 0 spiro atoms. The fourth-order valence-corrected chi connectivity index (χ4v) is 2.53. The Morgan fingerprint density at radius 3 is 3.12 bits per heavy atom. The van der Waals surface area contributed by atoms with Crippen LogP contribution in [0.2, 0.25) is 0 Å². The summed E-state index contributed by atoms with van der Waals surface area (Å²) in [5.41, 5.74) is 0.